The molecule has 1 N–H and O–H groups in total. The Hall–Kier alpha value is -4.89. The van der Waals surface area contributed by atoms with E-state index in [-0.39, 0.29) is 22.0 Å². The van der Waals surface area contributed by atoms with E-state index in [9.17, 15) is 14.9 Å². The lowest BCUT2D eigenvalue weighted by molar-refractivity contribution is -0.384. The van der Waals surface area contributed by atoms with Gasteiger partial charge in [0.15, 0.2) is 11.5 Å². The smallest absolute Gasteiger partial charge is 0.345 e. The number of aryl methyl sites for hydroxylation is 1. The van der Waals surface area contributed by atoms with Crippen LogP contribution in [0.15, 0.2) is 85.1 Å². The monoisotopic (exact) mass is 542 g/mol. The maximum atomic E-state index is 12.8. The molecule has 0 unspecified atom stereocenters. The van der Waals surface area contributed by atoms with Crippen molar-refractivity contribution < 1.29 is 19.2 Å². The summed E-state index contributed by atoms with van der Waals surface area (Å²) < 4.78 is 13.1. The second kappa shape index (κ2) is 10.8. The van der Waals surface area contributed by atoms with E-state index in [2.05, 4.69) is 5.32 Å². The van der Waals surface area contributed by atoms with E-state index >= 15 is 0 Å². The number of non-ortho nitro benzene ring substituents is 1. The van der Waals surface area contributed by atoms with Crippen molar-refractivity contribution in [2.24, 2.45) is 0 Å². The van der Waals surface area contributed by atoms with Crippen molar-refractivity contribution in [2.75, 3.05) is 12.4 Å². The molecule has 10 heteroatoms. The molecule has 0 radical (unpaired) electrons. The molecular formula is C29H23ClN4O5. The number of hydrogen-bond donors (Lipinski definition) is 1. The van der Waals surface area contributed by atoms with Crippen molar-refractivity contribution in [3.8, 4) is 22.8 Å². The molecule has 196 valence electrons. The fourth-order valence-corrected chi connectivity index (χ4v) is 4.39. The van der Waals surface area contributed by atoms with Gasteiger partial charge < -0.3 is 14.8 Å². The first kappa shape index (κ1) is 25.7. The van der Waals surface area contributed by atoms with Gasteiger partial charge in [-0.15, -0.1) is 0 Å². The summed E-state index contributed by atoms with van der Waals surface area (Å²) in [6, 6.07) is 22.7. The molecule has 0 fully saturated rings. The van der Waals surface area contributed by atoms with Crippen LogP contribution in [0.4, 0.5) is 11.5 Å². The van der Waals surface area contributed by atoms with Crippen LogP contribution in [-0.2, 0) is 6.54 Å². The number of benzene rings is 3. The molecule has 0 bridgehead atoms. The molecule has 5 aromatic rings. The predicted molar refractivity (Wildman–Crippen MR) is 149 cm³/mol. The zero-order valence-corrected chi connectivity index (χ0v) is 21.8. The lowest BCUT2D eigenvalue weighted by Gasteiger charge is -2.13. The number of methoxy groups -OCH3 is 1. The van der Waals surface area contributed by atoms with Crippen molar-refractivity contribution in [2.45, 2.75) is 13.5 Å². The third-order valence-corrected chi connectivity index (χ3v) is 6.42. The molecule has 0 atom stereocenters. The van der Waals surface area contributed by atoms with Crippen LogP contribution in [0.1, 0.15) is 21.5 Å². The Morgan fingerprint density at radius 2 is 1.85 bits per heavy atom. The van der Waals surface area contributed by atoms with Gasteiger partial charge in [0.2, 0.25) is 0 Å². The minimum atomic E-state index is -0.769. The second-order valence-electron chi connectivity index (χ2n) is 8.76. The molecule has 0 aliphatic carbocycles. The van der Waals surface area contributed by atoms with Crippen LogP contribution in [0.25, 0.3) is 16.9 Å². The molecule has 0 aliphatic heterocycles. The minimum absolute atomic E-state index is 0.00323. The highest BCUT2D eigenvalue weighted by atomic mass is 35.5. The molecular weight excluding hydrogens is 520 g/mol. The van der Waals surface area contributed by atoms with E-state index in [4.69, 9.17) is 26.1 Å². The van der Waals surface area contributed by atoms with Gasteiger partial charge in [-0.1, -0.05) is 41.9 Å². The zero-order chi connectivity index (χ0) is 27.5. The number of fused-ring (bicyclic) bond motifs is 1. The maximum Gasteiger partial charge on any atom is 0.345 e. The number of anilines is 1. The highest BCUT2D eigenvalue weighted by Crippen LogP contribution is 2.37. The lowest BCUT2D eigenvalue weighted by atomic mass is 10.1. The van der Waals surface area contributed by atoms with Gasteiger partial charge in [-0.05, 0) is 54.4 Å². The number of pyridine rings is 1. The van der Waals surface area contributed by atoms with E-state index < -0.39 is 10.9 Å². The highest BCUT2D eigenvalue weighted by Gasteiger charge is 2.20. The summed E-state index contributed by atoms with van der Waals surface area (Å²) in [5.74, 6) is 0.507. The van der Waals surface area contributed by atoms with Crippen molar-refractivity contribution >= 4 is 34.7 Å². The third-order valence-electron chi connectivity index (χ3n) is 6.11. The average molecular weight is 543 g/mol. The fraction of sp³-hybridized carbons (Fsp3) is 0.103. The normalized spacial score (nSPS) is 10.8. The number of aromatic nitrogens is 2. The van der Waals surface area contributed by atoms with E-state index in [1.807, 2.05) is 60.0 Å². The number of nitrogens with zero attached hydrogens (tertiary/aromatic N) is 3. The van der Waals surface area contributed by atoms with E-state index in [1.54, 1.807) is 18.2 Å². The number of ether oxygens (including phenoxy) is 2. The molecule has 3 aromatic carbocycles. The number of halogens is 1. The van der Waals surface area contributed by atoms with Gasteiger partial charge in [-0.2, -0.15) is 0 Å². The number of nitro benzene ring substituents is 1. The van der Waals surface area contributed by atoms with E-state index in [0.29, 0.717) is 18.0 Å². The SMILES string of the molecule is COc1cc(-c2nc3cc(C)ccn3c2NCc2ccccc2)ccc1OC(=O)c1ccc([N+](=O)[O-])cc1Cl. The van der Waals surface area contributed by atoms with E-state index in [0.717, 1.165) is 34.2 Å². The Bertz CT molecular complexity index is 1700. The van der Waals surface area contributed by atoms with Crippen LogP contribution in [-0.4, -0.2) is 27.4 Å². The molecule has 9 nitrogen and oxygen atoms in total. The van der Waals surface area contributed by atoms with Gasteiger partial charge in [0.1, 0.15) is 17.2 Å². The Balaban J connectivity index is 1.47. The maximum absolute atomic E-state index is 12.8. The Morgan fingerprint density at radius 1 is 1.05 bits per heavy atom. The summed E-state index contributed by atoms with van der Waals surface area (Å²) >= 11 is 6.10. The van der Waals surface area contributed by atoms with Crippen molar-refractivity contribution in [3.05, 3.63) is 117 Å². The van der Waals surface area contributed by atoms with Crippen LogP contribution < -0.4 is 14.8 Å². The summed E-state index contributed by atoms with van der Waals surface area (Å²) in [4.78, 5) is 28.1. The summed E-state index contributed by atoms with van der Waals surface area (Å²) in [5, 5.41) is 14.4. The van der Waals surface area contributed by atoms with Crippen LogP contribution >= 0.6 is 11.6 Å². The van der Waals surface area contributed by atoms with Crippen molar-refractivity contribution in [1.82, 2.24) is 9.38 Å². The molecule has 0 saturated carbocycles. The molecule has 2 aromatic heterocycles. The van der Waals surface area contributed by atoms with Crippen LogP contribution in [0.2, 0.25) is 5.02 Å². The summed E-state index contributed by atoms with van der Waals surface area (Å²) in [5.41, 5.74) is 4.20. The van der Waals surface area contributed by atoms with Crippen LogP contribution in [0.3, 0.4) is 0 Å². The lowest BCUT2D eigenvalue weighted by Crippen LogP contribution is -2.10. The molecule has 5 rings (SSSR count). The molecule has 0 spiro atoms. The number of imidazole rings is 1. The minimum Gasteiger partial charge on any atom is -0.493 e. The summed E-state index contributed by atoms with van der Waals surface area (Å²) in [6.07, 6.45) is 1.97. The molecule has 0 saturated heterocycles. The van der Waals surface area contributed by atoms with E-state index in [1.165, 1.54) is 19.2 Å². The first-order valence-corrected chi connectivity index (χ1v) is 12.3. The molecule has 2 heterocycles. The number of nitro groups is 1. The Morgan fingerprint density at radius 3 is 2.56 bits per heavy atom. The molecule has 39 heavy (non-hydrogen) atoms. The van der Waals surface area contributed by atoms with Crippen molar-refractivity contribution in [3.63, 3.8) is 0 Å². The fourth-order valence-electron chi connectivity index (χ4n) is 4.14. The van der Waals surface area contributed by atoms with Gasteiger partial charge in [0.25, 0.3) is 5.69 Å². The molecule has 0 amide bonds. The Labute approximate surface area is 228 Å². The second-order valence-corrected chi connectivity index (χ2v) is 9.16. The van der Waals surface area contributed by atoms with Gasteiger partial charge >= 0.3 is 5.97 Å². The number of nitrogens with one attached hydrogen (secondary N) is 1. The van der Waals surface area contributed by atoms with Crippen molar-refractivity contribution in [1.29, 1.82) is 0 Å². The van der Waals surface area contributed by atoms with Crippen LogP contribution in [0.5, 0.6) is 11.5 Å². The Kier molecular flexibility index (Phi) is 7.16. The largest absolute Gasteiger partial charge is 0.493 e. The number of carbonyl (C=O) groups is 1. The van der Waals surface area contributed by atoms with Gasteiger partial charge in [-0.25, -0.2) is 9.78 Å². The summed E-state index contributed by atoms with van der Waals surface area (Å²) in [7, 11) is 1.47. The topological polar surface area (TPSA) is 108 Å². The standard InChI is InChI=1S/C29H23ClN4O5/c1-18-12-13-33-26(14-18)32-27(28(33)31-17-19-6-4-3-5-7-19)20-8-11-24(25(15-20)38-2)39-29(35)22-10-9-21(34(36)37)16-23(22)30/h3-16,31H,17H2,1-2H3. The van der Waals surface area contributed by atoms with Crippen LogP contribution in [0, 0.1) is 17.0 Å². The number of esters is 1. The first-order chi connectivity index (χ1) is 18.8. The average Bonchev–Trinajstić information content (AvgIpc) is 3.29. The van der Waals surface area contributed by atoms with Gasteiger partial charge in [0, 0.05) is 30.4 Å². The first-order valence-electron chi connectivity index (χ1n) is 11.9. The summed E-state index contributed by atoms with van der Waals surface area (Å²) in [6.45, 7) is 2.60. The van der Waals surface area contributed by atoms with Gasteiger partial charge in [0.05, 0.1) is 22.6 Å². The third kappa shape index (κ3) is 5.39. The predicted octanol–water partition coefficient (Wildman–Crippen LogP) is 6.71. The number of hydrogen-bond acceptors (Lipinski definition) is 7. The number of carbonyl (C=O) groups excluding carboxylic acids is 1. The highest BCUT2D eigenvalue weighted by molar-refractivity contribution is 6.33. The zero-order valence-electron chi connectivity index (χ0n) is 21.1. The van der Waals surface area contributed by atoms with Gasteiger partial charge in [-0.3, -0.25) is 14.5 Å². The number of rotatable bonds is 8. The molecule has 0 aliphatic rings. The quantitative estimate of drug-likeness (QED) is 0.100.